The molecule has 0 bridgehead atoms. The summed E-state index contributed by atoms with van der Waals surface area (Å²) in [4.78, 5) is 0. The van der Waals surface area contributed by atoms with Crippen LogP contribution in [-0.4, -0.2) is 13.2 Å². The number of halogens is 1. The van der Waals surface area contributed by atoms with E-state index in [0.29, 0.717) is 11.8 Å². The summed E-state index contributed by atoms with van der Waals surface area (Å²) in [5.41, 5.74) is 0.988. The van der Waals surface area contributed by atoms with Crippen molar-refractivity contribution in [3.8, 4) is 5.75 Å². The largest absolute Gasteiger partial charge is 0.494 e. The van der Waals surface area contributed by atoms with Gasteiger partial charge in [-0.2, -0.15) is 0 Å². The van der Waals surface area contributed by atoms with Crippen molar-refractivity contribution in [3.63, 3.8) is 0 Å². The van der Waals surface area contributed by atoms with Gasteiger partial charge in [-0.1, -0.05) is 32.3 Å². The highest BCUT2D eigenvalue weighted by Gasteiger charge is 2.23. The zero-order valence-corrected chi connectivity index (χ0v) is 13.5. The fraction of sp³-hybridized carbons (Fsp3) is 0.667. The summed E-state index contributed by atoms with van der Waals surface area (Å²) in [6.45, 7) is 4.36. The average Bonchev–Trinajstić information content (AvgIpc) is 2.53. The van der Waals surface area contributed by atoms with E-state index in [2.05, 4.69) is 19.2 Å². The van der Waals surface area contributed by atoms with E-state index in [-0.39, 0.29) is 11.9 Å². The third-order valence-corrected chi connectivity index (χ3v) is 4.80. The minimum absolute atomic E-state index is 0.164. The van der Waals surface area contributed by atoms with Gasteiger partial charge in [0.15, 0.2) is 11.6 Å². The fourth-order valence-electron chi connectivity index (χ4n) is 3.49. The molecule has 0 amide bonds. The first-order chi connectivity index (χ1) is 10.2. The third kappa shape index (κ3) is 4.19. The first kappa shape index (κ1) is 16.3. The number of hydrogen-bond donors (Lipinski definition) is 1. The van der Waals surface area contributed by atoms with Gasteiger partial charge in [0.05, 0.1) is 7.11 Å². The zero-order valence-electron chi connectivity index (χ0n) is 13.5. The lowest BCUT2D eigenvalue weighted by Crippen LogP contribution is -2.38. The molecule has 0 saturated heterocycles. The highest BCUT2D eigenvalue weighted by molar-refractivity contribution is 5.30. The minimum atomic E-state index is -0.283. The van der Waals surface area contributed by atoms with Gasteiger partial charge in [-0.3, -0.25) is 0 Å². The van der Waals surface area contributed by atoms with Crippen LogP contribution >= 0.6 is 0 Å². The van der Waals surface area contributed by atoms with Crippen LogP contribution in [-0.2, 0) is 0 Å². The van der Waals surface area contributed by atoms with E-state index in [1.807, 2.05) is 6.07 Å². The van der Waals surface area contributed by atoms with Gasteiger partial charge in [0.1, 0.15) is 0 Å². The van der Waals surface area contributed by atoms with Gasteiger partial charge in [0.2, 0.25) is 0 Å². The maximum absolute atomic E-state index is 13.8. The Morgan fingerprint density at radius 3 is 2.57 bits per heavy atom. The van der Waals surface area contributed by atoms with Gasteiger partial charge in [-0.25, -0.2) is 4.39 Å². The Morgan fingerprint density at radius 2 is 2.00 bits per heavy atom. The van der Waals surface area contributed by atoms with E-state index in [9.17, 15) is 4.39 Å². The lowest BCUT2D eigenvalue weighted by atomic mass is 9.82. The predicted octanol–water partition coefficient (Wildman–Crippen LogP) is 4.84. The Morgan fingerprint density at radius 1 is 1.29 bits per heavy atom. The smallest absolute Gasteiger partial charge is 0.165 e. The van der Waals surface area contributed by atoms with Crippen LogP contribution in [0.4, 0.5) is 4.39 Å². The van der Waals surface area contributed by atoms with Crippen molar-refractivity contribution >= 4 is 0 Å². The molecule has 1 aliphatic rings. The molecule has 1 aliphatic carbocycles. The molecule has 0 radical (unpaired) electrons. The van der Waals surface area contributed by atoms with Crippen LogP contribution in [0.15, 0.2) is 18.2 Å². The standard InChI is InChI=1S/C18H28FNO/c1-4-17(14-8-6-5-7-9-14)20-13(2)15-10-11-18(21-3)16(19)12-15/h10-14,17,20H,4-9H2,1-3H3. The van der Waals surface area contributed by atoms with Gasteiger partial charge in [-0.05, 0) is 49.8 Å². The summed E-state index contributed by atoms with van der Waals surface area (Å²) < 4.78 is 18.8. The van der Waals surface area contributed by atoms with E-state index in [4.69, 9.17) is 4.74 Å². The molecule has 2 nitrogen and oxygen atoms in total. The summed E-state index contributed by atoms with van der Waals surface area (Å²) in [5, 5.41) is 3.71. The van der Waals surface area contributed by atoms with Crippen molar-refractivity contribution < 1.29 is 9.13 Å². The molecule has 2 atom stereocenters. The fourth-order valence-corrected chi connectivity index (χ4v) is 3.49. The number of hydrogen-bond acceptors (Lipinski definition) is 2. The van der Waals surface area contributed by atoms with Crippen molar-refractivity contribution in [2.75, 3.05) is 7.11 Å². The van der Waals surface area contributed by atoms with Crippen molar-refractivity contribution in [1.82, 2.24) is 5.32 Å². The Bertz CT molecular complexity index is 443. The SMILES string of the molecule is CCC(NC(C)c1ccc(OC)c(F)c1)C1CCCCC1. The maximum Gasteiger partial charge on any atom is 0.165 e. The maximum atomic E-state index is 13.8. The highest BCUT2D eigenvalue weighted by atomic mass is 19.1. The van der Waals surface area contributed by atoms with E-state index in [0.717, 1.165) is 17.9 Å². The summed E-state index contributed by atoms with van der Waals surface area (Å²) in [5.74, 6) is 0.800. The molecule has 1 N–H and O–H groups in total. The second-order valence-corrected chi connectivity index (χ2v) is 6.20. The lowest BCUT2D eigenvalue weighted by molar-refractivity contribution is 0.249. The molecule has 0 aromatic heterocycles. The molecule has 0 heterocycles. The number of ether oxygens (including phenoxy) is 1. The van der Waals surface area contributed by atoms with Gasteiger partial charge in [0, 0.05) is 12.1 Å². The van der Waals surface area contributed by atoms with E-state index < -0.39 is 0 Å². The van der Waals surface area contributed by atoms with Crippen LogP contribution in [0, 0.1) is 11.7 Å². The second kappa shape index (κ2) is 7.79. The van der Waals surface area contributed by atoms with E-state index in [1.165, 1.54) is 39.2 Å². The Balaban J connectivity index is 2.01. The van der Waals surface area contributed by atoms with Crippen LogP contribution in [0.2, 0.25) is 0 Å². The molecular formula is C18H28FNO. The van der Waals surface area contributed by atoms with Crippen molar-refractivity contribution in [1.29, 1.82) is 0 Å². The molecule has 3 heteroatoms. The predicted molar refractivity (Wildman–Crippen MR) is 85.2 cm³/mol. The molecule has 2 rings (SSSR count). The van der Waals surface area contributed by atoms with Crippen LogP contribution in [0.1, 0.15) is 64.0 Å². The Hall–Kier alpha value is -1.09. The zero-order chi connectivity index (χ0) is 15.2. The molecule has 2 unspecified atom stereocenters. The summed E-state index contributed by atoms with van der Waals surface area (Å²) in [6.07, 6.45) is 7.88. The number of rotatable bonds is 6. The Kier molecular flexibility index (Phi) is 6.04. The van der Waals surface area contributed by atoms with Crippen molar-refractivity contribution in [2.45, 2.75) is 64.5 Å². The number of nitrogens with one attached hydrogen (secondary N) is 1. The van der Waals surface area contributed by atoms with Gasteiger partial charge < -0.3 is 10.1 Å². The van der Waals surface area contributed by atoms with Crippen LogP contribution in [0.5, 0.6) is 5.75 Å². The normalized spacial score (nSPS) is 19.2. The summed E-state index contributed by atoms with van der Waals surface area (Å²) >= 11 is 0. The van der Waals surface area contributed by atoms with E-state index in [1.54, 1.807) is 12.1 Å². The monoisotopic (exact) mass is 293 g/mol. The molecule has 0 spiro atoms. The number of methoxy groups -OCH3 is 1. The van der Waals surface area contributed by atoms with Gasteiger partial charge in [-0.15, -0.1) is 0 Å². The van der Waals surface area contributed by atoms with E-state index >= 15 is 0 Å². The van der Waals surface area contributed by atoms with Gasteiger partial charge >= 0.3 is 0 Å². The quantitative estimate of drug-likeness (QED) is 0.810. The van der Waals surface area contributed by atoms with Crippen LogP contribution < -0.4 is 10.1 Å². The molecule has 1 saturated carbocycles. The average molecular weight is 293 g/mol. The van der Waals surface area contributed by atoms with Crippen LogP contribution in [0.3, 0.4) is 0 Å². The minimum Gasteiger partial charge on any atom is -0.494 e. The highest BCUT2D eigenvalue weighted by Crippen LogP contribution is 2.29. The molecular weight excluding hydrogens is 265 g/mol. The Labute approximate surface area is 128 Å². The molecule has 1 fully saturated rings. The number of benzene rings is 1. The summed E-state index contributed by atoms with van der Waals surface area (Å²) in [7, 11) is 1.50. The molecule has 1 aromatic rings. The first-order valence-corrected chi connectivity index (χ1v) is 8.25. The topological polar surface area (TPSA) is 21.3 Å². The van der Waals surface area contributed by atoms with Crippen molar-refractivity contribution in [3.05, 3.63) is 29.6 Å². The first-order valence-electron chi connectivity index (χ1n) is 8.25. The molecule has 118 valence electrons. The van der Waals surface area contributed by atoms with Gasteiger partial charge in [0.25, 0.3) is 0 Å². The third-order valence-electron chi connectivity index (χ3n) is 4.80. The van der Waals surface area contributed by atoms with Crippen molar-refractivity contribution in [2.24, 2.45) is 5.92 Å². The lowest BCUT2D eigenvalue weighted by Gasteiger charge is -2.32. The molecule has 21 heavy (non-hydrogen) atoms. The second-order valence-electron chi connectivity index (χ2n) is 6.20. The van der Waals surface area contributed by atoms with Crippen LogP contribution in [0.25, 0.3) is 0 Å². The molecule has 1 aromatic carbocycles. The summed E-state index contributed by atoms with van der Waals surface area (Å²) in [6, 6.07) is 5.95. The molecule has 0 aliphatic heterocycles.